The van der Waals surface area contributed by atoms with E-state index in [1.807, 2.05) is 0 Å². The summed E-state index contributed by atoms with van der Waals surface area (Å²) in [5.41, 5.74) is 20.5. The maximum atomic E-state index is 2.64. The standard InChI is InChI=1S/C74H63N/c1-5-17-52(18-6-1)58-29-33-62(34-30-58)70(63-35-31-59(32-36-63)53-19-7-2-8-20-53)51-72-68-47-41-65(57-27-15-16-28-57)50-73(68)74(69-48-42-64(49-71(69)72)56-25-13-14-26-56)75(66-43-37-60(38-44-66)54-21-9-3-10-22-54)67-45-39-61(40-46-67)55-23-11-4-12-24-55/h1-12,17-24,29-50,56-57,70H,13-16,25-28,51H2. The van der Waals surface area contributed by atoms with E-state index >= 15 is 0 Å². The highest BCUT2D eigenvalue weighted by atomic mass is 15.1. The van der Waals surface area contributed by atoms with Gasteiger partial charge in [0.25, 0.3) is 0 Å². The molecule has 0 saturated heterocycles. The minimum Gasteiger partial charge on any atom is -0.309 e. The van der Waals surface area contributed by atoms with E-state index in [0.717, 1.165) is 17.8 Å². The van der Waals surface area contributed by atoms with Crippen molar-refractivity contribution in [3.63, 3.8) is 0 Å². The van der Waals surface area contributed by atoms with E-state index in [1.165, 1.54) is 151 Å². The van der Waals surface area contributed by atoms with Crippen molar-refractivity contribution in [1.82, 2.24) is 0 Å². The monoisotopic (exact) mass is 965 g/mol. The fourth-order valence-electron chi connectivity index (χ4n) is 12.8. The van der Waals surface area contributed by atoms with Gasteiger partial charge in [-0.15, -0.1) is 0 Å². The second-order valence-electron chi connectivity index (χ2n) is 21.3. The predicted molar refractivity (Wildman–Crippen MR) is 319 cm³/mol. The van der Waals surface area contributed by atoms with Crippen molar-refractivity contribution < 1.29 is 0 Å². The van der Waals surface area contributed by atoms with Crippen LogP contribution in [0.3, 0.4) is 0 Å². The molecule has 75 heavy (non-hydrogen) atoms. The molecule has 2 aliphatic rings. The van der Waals surface area contributed by atoms with Gasteiger partial charge in [-0.2, -0.15) is 0 Å². The number of nitrogens with zero attached hydrogens (tertiary/aromatic N) is 1. The number of anilines is 3. The number of fused-ring (bicyclic) bond motifs is 2. The predicted octanol–water partition coefficient (Wildman–Crippen LogP) is 20.8. The molecule has 0 radical (unpaired) electrons. The van der Waals surface area contributed by atoms with Crippen molar-refractivity contribution in [3.05, 3.63) is 283 Å². The summed E-state index contributed by atoms with van der Waals surface area (Å²) >= 11 is 0. The van der Waals surface area contributed by atoms with E-state index < -0.39 is 0 Å². The highest BCUT2D eigenvalue weighted by molar-refractivity contribution is 6.17. The summed E-state index contributed by atoms with van der Waals surface area (Å²) in [7, 11) is 0. The Morgan fingerprint density at radius 1 is 0.307 bits per heavy atom. The Hall–Kier alpha value is -8.26. The smallest absolute Gasteiger partial charge is 0.0618 e. The Kier molecular flexibility index (Phi) is 13.0. The summed E-state index contributed by atoms with van der Waals surface area (Å²) in [5, 5.41) is 5.35. The van der Waals surface area contributed by atoms with Crippen LogP contribution in [-0.2, 0) is 6.42 Å². The fourth-order valence-corrected chi connectivity index (χ4v) is 12.8. The molecule has 2 saturated carbocycles. The van der Waals surface area contributed by atoms with Crippen LogP contribution < -0.4 is 4.90 Å². The van der Waals surface area contributed by atoms with Gasteiger partial charge in [-0.25, -0.2) is 0 Å². The Morgan fingerprint density at radius 3 is 1.03 bits per heavy atom. The summed E-state index contributed by atoms with van der Waals surface area (Å²) in [6, 6.07) is 96.1. The van der Waals surface area contributed by atoms with Crippen LogP contribution in [0.4, 0.5) is 17.1 Å². The molecular formula is C74H63N. The van der Waals surface area contributed by atoms with Crippen LogP contribution in [0.25, 0.3) is 66.1 Å². The molecule has 0 N–H and O–H groups in total. The largest absolute Gasteiger partial charge is 0.309 e. The lowest BCUT2D eigenvalue weighted by Crippen LogP contribution is -2.13. The van der Waals surface area contributed by atoms with Gasteiger partial charge < -0.3 is 4.90 Å². The molecule has 13 rings (SSSR count). The number of benzene rings is 11. The SMILES string of the molecule is c1ccc(-c2ccc(C(Cc3c4cc(C5CCCC5)ccc4c(N(c4ccc(-c5ccccc5)cc4)c4ccc(-c5ccccc5)cc4)c4cc(C5CCCC5)ccc34)c3ccc(-c4ccccc4)cc3)cc2)cc1. The van der Waals surface area contributed by atoms with E-state index in [2.05, 4.69) is 260 Å². The van der Waals surface area contributed by atoms with Crippen LogP contribution >= 0.6 is 0 Å². The topological polar surface area (TPSA) is 3.24 Å². The van der Waals surface area contributed by atoms with Crippen molar-refractivity contribution >= 4 is 38.6 Å². The maximum absolute atomic E-state index is 2.64. The Morgan fingerprint density at radius 2 is 0.640 bits per heavy atom. The molecule has 11 aromatic rings. The second-order valence-corrected chi connectivity index (χ2v) is 21.3. The Balaban J connectivity index is 1.05. The molecule has 0 heterocycles. The molecule has 0 amide bonds. The van der Waals surface area contributed by atoms with Crippen molar-refractivity contribution in [1.29, 1.82) is 0 Å². The maximum Gasteiger partial charge on any atom is 0.0618 e. The zero-order valence-corrected chi connectivity index (χ0v) is 42.8. The Bertz CT molecular complexity index is 3520. The quantitative estimate of drug-likeness (QED) is 0.104. The van der Waals surface area contributed by atoms with Gasteiger partial charge in [-0.3, -0.25) is 0 Å². The minimum absolute atomic E-state index is 0.105. The third kappa shape index (κ3) is 9.49. The number of hydrogen-bond donors (Lipinski definition) is 0. The van der Waals surface area contributed by atoms with Crippen molar-refractivity contribution in [2.24, 2.45) is 0 Å². The molecule has 0 aliphatic heterocycles. The molecule has 364 valence electrons. The van der Waals surface area contributed by atoms with E-state index in [0.29, 0.717) is 11.8 Å². The van der Waals surface area contributed by atoms with Gasteiger partial charge >= 0.3 is 0 Å². The van der Waals surface area contributed by atoms with Crippen LogP contribution in [0.15, 0.2) is 255 Å². The lowest BCUT2D eigenvalue weighted by atomic mass is 9.80. The molecule has 1 heteroatoms. The first kappa shape index (κ1) is 46.5. The average molecular weight is 966 g/mol. The summed E-state index contributed by atoms with van der Waals surface area (Å²) in [6.45, 7) is 0. The third-order valence-corrected chi connectivity index (χ3v) is 16.8. The van der Waals surface area contributed by atoms with Crippen LogP contribution in [0.5, 0.6) is 0 Å². The summed E-state index contributed by atoms with van der Waals surface area (Å²) in [6.07, 6.45) is 11.1. The number of hydrogen-bond acceptors (Lipinski definition) is 1. The van der Waals surface area contributed by atoms with Crippen molar-refractivity contribution in [2.75, 3.05) is 4.90 Å². The average Bonchev–Trinajstić information content (AvgIpc) is 4.26. The minimum atomic E-state index is 0.105. The van der Waals surface area contributed by atoms with Crippen LogP contribution in [-0.4, -0.2) is 0 Å². The van der Waals surface area contributed by atoms with Gasteiger partial charge in [0.2, 0.25) is 0 Å². The first-order chi connectivity index (χ1) is 37.2. The van der Waals surface area contributed by atoms with Crippen LogP contribution in [0.2, 0.25) is 0 Å². The van der Waals surface area contributed by atoms with Gasteiger partial charge in [0, 0.05) is 28.1 Å². The van der Waals surface area contributed by atoms with Gasteiger partial charge in [0.15, 0.2) is 0 Å². The summed E-state index contributed by atoms with van der Waals surface area (Å²) in [4.78, 5) is 2.59. The highest BCUT2D eigenvalue weighted by Crippen LogP contribution is 2.50. The molecule has 2 aliphatic carbocycles. The third-order valence-electron chi connectivity index (χ3n) is 16.8. The van der Waals surface area contributed by atoms with E-state index in [-0.39, 0.29) is 5.92 Å². The lowest BCUT2D eigenvalue weighted by molar-refractivity contribution is 0.724. The molecule has 0 bridgehead atoms. The molecule has 0 atom stereocenters. The lowest BCUT2D eigenvalue weighted by Gasteiger charge is -2.31. The molecule has 2 fully saturated rings. The van der Waals surface area contributed by atoms with Crippen molar-refractivity contribution in [2.45, 2.75) is 75.5 Å². The normalized spacial score (nSPS) is 14.0. The second kappa shape index (κ2) is 20.9. The molecule has 0 aromatic heterocycles. The van der Waals surface area contributed by atoms with E-state index in [1.54, 1.807) is 0 Å². The van der Waals surface area contributed by atoms with Crippen LogP contribution in [0, 0.1) is 0 Å². The zero-order chi connectivity index (χ0) is 49.9. The van der Waals surface area contributed by atoms with Gasteiger partial charge in [-0.05, 0) is 157 Å². The molecule has 0 unspecified atom stereocenters. The van der Waals surface area contributed by atoms with Crippen LogP contribution in [0.1, 0.15) is 96.9 Å². The highest BCUT2D eigenvalue weighted by Gasteiger charge is 2.28. The van der Waals surface area contributed by atoms with Gasteiger partial charge in [0.1, 0.15) is 0 Å². The molecular weight excluding hydrogens is 903 g/mol. The molecule has 0 spiro atoms. The van der Waals surface area contributed by atoms with E-state index in [9.17, 15) is 0 Å². The summed E-state index contributed by atoms with van der Waals surface area (Å²) in [5.74, 6) is 1.24. The first-order valence-electron chi connectivity index (χ1n) is 27.6. The molecule has 1 nitrogen and oxygen atoms in total. The Labute approximate surface area is 443 Å². The zero-order valence-electron chi connectivity index (χ0n) is 42.8. The van der Waals surface area contributed by atoms with Gasteiger partial charge in [0.05, 0.1) is 5.69 Å². The van der Waals surface area contributed by atoms with Crippen molar-refractivity contribution in [3.8, 4) is 44.5 Å². The number of rotatable bonds is 13. The first-order valence-corrected chi connectivity index (χ1v) is 27.6. The van der Waals surface area contributed by atoms with E-state index in [4.69, 9.17) is 0 Å². The summed E-state index contributed by atoms with van der Waals surface area (Å²) < 4.78 is 0. The van der Waals surface area contributed by atoms with Gasteiger partial charge in [-0.1, -0.05) is 250 Å². The fraction of sp³-hybridized carbons (Fsp3) is 0.162. The molecule has 11 aromatic carbocycles.